The minimum Gasteiger partial charge on any atom is -0.380 e. The molecule has 1 aliphatic heterocycles. The molecule has 2 amide bonds. The zero-order valence-electron chi connectivity index (χ0n) is 20.4. The maximum atomic E-state index is 13.5. The maximum absolute atomic E-state index is 13.5. The monoisotopic (exact) mass is 510 g/mol. The summed E-state index contributed by atoms with van der Waals surface area (Å²) in [4.78, 5) is 30.6. The second kappa shape index (κ2) is 8.54. The highest BCUT2D eigenvalue weighted by atomic mass is 35.5. The molecule has 0 unspecified atom stereocenters. The summed E-state index contributed by atoms with van der Waals surface area (Å²) in [6.45, 7) is 10.3. The molecule has 6 nitrogen and oxygen atoms in total. The van der Waals surface area contributed by atoms with E-state index in [9.17, 15) is 22.8 Å². The number of pyridine rings is 1. The number of rotatable bonds is 4. The van der Waals surface area contributed by atoms with Crippen molar-refractivity contribution in [2.45, 2.75) is 59.3 Å². The highest BCUT2D eigenvalue weighted by Gasteiger charge is 2.68. The van der Waals surface area contributed by atoms with E-state index in [1.807, 2.05) is 0 Å². The number of aromatic nitrogens is 1. The smallest absolute Gasteiger partial charge is 0.380 e. The Labute approximate surface area is 207 Å². The summed E-state index contributed by atoms with van der Waals surface area (Å²) in [5, 5.41) is 7.10. The second-order valence-electron chi connectivity index (χ2n) is 10.8. The lowest BCUT2D eigenvalue weighted by atomic mass is 9.99. The molecule has 4 rings (SSSR count). The summed E-state index contributed by atoms with van der Waals surface area (Å²) in [7, 11) is 0. The Kier molecular flexibility index (Phi) is 6.23. The lowest BCUT2D eigenvalue weighted by Crippen LogP contribution is -2.56. The van der Waals surface area contributed by atoms with Crippen molar-refractivity contribution in [3.63, 3.8) is 0 Å². The van der Waals surface area contributed by atoms with Crippen molar-refractivity contribution in [1.82, 2.24) is 15.2 Å². The molecule has 1 aromatic heterocycles. The molecule has 35 heavy (non-hydrogen) atoms. The molecular formula is C25H30ClF3N4O2. The Bertz CT molecular complexity index is 1170. The summed E-state index contributed by atoms with van der Waals surface area (Å²) in [5.41, 5.74) is -0.888. The van der Waals surface area contributed by atoms with Crippen LogP contribution in [-0.2, 0) is 15.8 Å². The normalized spacial score (nSPS) is 23.7. The van der Waals surface area contributed by atoms with Gasteiger partial charge in [0.1, 0.15) is 5.69 Å². The van der Waals surface area contributed by atoms with Gasteiger partial charge in [-0.05, 0) is 41.5 Å². The Hall–Kier alpha value is -2.55. The summed E-state index contributed by atoms with van der Waals surface area (Å²) >= 11 is 6.11. The Morgan fingerprint density at radius 1 is 1.09 bits per heavy atom. The highest BCUT2D eigenvalue weighted by Crippen LogP contribution is 2.68. The lowest BCUT2D eigenvalue weighted by Gasteiger charge is -2.38. The van der Waals surface area contributed by atoms with Gasteiger partial charge in [-0.3, -0.25) is 9.59 Å². The van der Waals surface area contributed by atoms with Crippen LogP contribution in [0.2, 0.25) is 5.02 Å². The lowest BCUT2D eigenvalue weighted by molar-refractivity contribution is -0.141. The number of nitrogens with zero attached hydrogens (tertiary/aromatic N) is 2. The van der Waals surface area contributed by atoms with Gasteiger partial charge in [0, 0.05) is 54.1 Å². The minimum absolute atomic E-state index is 0.0605. The van der Waals surface area contributed by atoms with Gasteiger partial charge in [-0.25, -0.2) is 4.98 Å². The zero-order valence-corrected chi connectivity index (χ0v) is 21.1. The predicted octanol–water partition coefficient (Wildman–Crippen LogP) is 5.11. The molecule has 1 saturated carbocycles. The van der Waals surface area contributed by atoms with Gasteiger partial charge in [-0.1, -0.05) is 39.3 Å². The van der Waals surface area contributed by atoms with Crippen molar-refractivity contribution in [3.05, 3.63) is 35.0 Å². The molecule has 0 spiro atoms. The zero-order chi connectivity index (χ0) is 25.9. The van der Waals surface area contributed by atoms with Gasteiger partial charge in [0.2, 0.25) is 11.8 Å². The molecule has 2 heterocycles. The first kappa shape index (κ1) is 25.5. The van der Waals surface area contributed by atoms with E-state index < -0.39 is 11.9 Å². The van der Waals surface area contributed by atoms with Gasteiger partial charge >= 0.3 is 6.18 Å². The van der Waals surface area contributed by atoms with Crippen LogP contribution in [0.5, 0.6) is 0 Å². The third-order valence-electron chi connectivity index (χ3n) is 7.95. The van der Waals surface area contributed by atoms with Crippen LogP contribution in [0, 0.1) is 16.7 Å². The number of benzene rings is 1. The van der Waals surface area contributed by atoms with E-state index in [0.29, 0.717) is 29.9 Å². The maximum Gasteiger partial charge on any atom is 0.433 e. The van der Waals surface area contributed by atoms with Crippen molar-refractivity contribution < 1.29 is 22.8 Å². The van der Waals surface area contributed by atoms with Crippen LogP contribution in [0.15, 0.2) is 24.3 Å². The van der Waals surface area contributed by atoms with Gasteiger partial charge in [0.15, 0.2) is 0 Å². The first-order chi connectivity index (χ1) is 16.1. The number of likely N-dealkylation sites (tertiary alicyclic amines) is 1. The van der Waals surface area contributed by atoms with Gasteiger partial charge in [0.25, 0.3) is 0 Å². The number of carbonyl (C=O) groups excluding carboxylic acids is 2. The topological polar surface area (TPSA) is 74.3 Å². The summed E-state index contributed by atoms with van der Waals surface area (Å²) in [6.07, 6.45) is -4.17. The number of amides is 2. The SMILES string of the molecule is CC(=O)N1C[C@@H](NC(=O)C2C(C)(C)C2(C)C)C[C@@H](Nc2cc(C(F)(F)F)nc3ccc(Cl)cc23)C1. The first-order valence-electron chi connectivity index (χ1n) is 11.6. The summed E-state index contributed by atoms with van der Waals surface area (Å²) in [6, 6.07) is 4.75. The number of hydrogen-bond acceptors (Lipinski definition) is 4. The molecule has 2 aliphatic rings. The third-order valence-corrected chi connectivity index (χ3v) is 8.18. The van der Waals surface area contributed by atoms with E-state index in [0.717, 1.165) is 6.07 Å². The number of fused-ring (bicyclic) bond motifs is 1. The average Bonchev–Trinajstić information content (AvgIpc) is 3.15. The number of carbonyl (C=O) groups is 2. The van der Waals surface area contributed by atoms with E-state index in [4.69, 9.17) is 11.6 Å². The fourth-order valence-electron chi connectivity index (χ4n) is 5.38. The van der Waals surface area contributed by atoms with Gasteiger partial charge in [-0.2, -0.15) is 13.2 Å². The average molecular weight is 511 g/mol. The van der Waals surface area contributed by atoms with Crippen LogP contribution < -0.4 is 10.6 Å². The summed E-state index contributed by atoms with van der Waals surface area (Å²) < 4.78 is 40.6. The Morgan fingerprint density at radius 3 is 2.29 bits per heavy atom. The molecule has 0 radical (unpaired) electrons. The first-order valence-corrected chi connectivity index (χ1v) is 12.0. The second-order valence-corrected chi connectivity index (χ2v) is 11.2. The van der Waals surface area contributed by atoms with Crippen LogP contribution in [-0.4, -0.2) is 46.9 Å². The van der Waals surface area contributed by atoms with Crippen LogP contribution in [0.4, 0.5) is 18.9 Å². The number of hydrogen-bond donors (Lipinski definition) is 2. The highest BCUT2D eigenvalue weighted by molar-refractivity contribution is 6.31. The molecule has 190 valence electrons. The van der Waals surface area contributed by atoms with Crippen LogP contribution >= 0.6 is 11.6 Å². The Balaban J connectivity index is 1.60. The van der Waals surface area contributed by atoms with E-state index >= 15 is 0 Å². The van der Waals surface area contributed by atoms with E-state index in [2.05, 4.69) is 43.3 Å². The van der Waals surface area contributed by atoms with Crippen molar-refractivity contribution in [1.29, 1.82) is 0 Å². The summed E-state index contributed by atoms with van der Waals surface area (Å²) in [5.74, 6) is -0.370. The van der Waals surface area contributed by atoms with E-state index in [1.54, 1.807) is 11.0 Å². The number of nitrogens with one attached hydrogen (secondary N) is 2. The van der Waals surface area contributed by atoms with Gasteiger partial charge < -0.3 is 15.5 Å². The molecule has 2 fully saturated rings. The van der Waals surface area contributed by atoms with Crippen molar-refractivity contribution in [2.75, 3.05) is 18.4 Å². The molecule has 1 aromatic carbocycles. The molecule has 2 N–H and O–H groups in total. The van der Waals surface area contributed by atoms with Crippen molar-refractivity contribution >= 4 is 40.0 Å². The van der Waals surface area contributed by atoms with Crippen LogP contribution in [0.25, 0.3) is 10.9 Å². The third kappa shape index (κ3) is 4.79. The fraction of sp³-hybridized carbons (Fsp3) is 0.560. The molecule has 2 aromatic rings. The predicted molar refractivity (Wildman–Crippen MR) is 129 cm³/mol. The largest absolute Gasteiger partial charge is 0.433 e. The molecule has 10 heteroatoms. The van der Waals surface area contributed by atoms with Crippen molar-refractivity contribution in [2.24, 2.45) is 16.7 Å². The number of piperidine rings is 1. The van der Waals surface area contributed by atoms with Gasteiger partial charge in [0.05, 0.1) is 5.52 Å². The fourth-order valence-corrected chi connectivity index (χ4v) is 5.56. The van der Waals surface area contributed by atoms with Crippen molar-refractivity contribution in [3.8, 4) is 0 Å². The van der Waals surface area contributed by atoms with Crippen LogP contribution in [0.3, 0.4) is 0 Å². The van der Waals surface area contributed by atoms with E-state index in [-0.39, 0.29) is 51.9 Å². The quantitative estimate of drug-likeness (QED) is 0.599. The molecular weight excluding hydrogens is 481 g/mol. The molecule has 0 bridgehead atoms. The standard InChI is InChI=1S/C25H30ClF3N4O2/c1-13(34)33-11-15(9-16(12-33)31-22(35)21-23(2,3)24(21,4)5)30-19-10-20(25(27,28)29)32-18-7-6-14(26)8-17(18)19/h6-8,10,15-16,21H,9,11-12H2,1-5H3,(H,30,32)(H,31,35)/t15-,16+/m1/s1. The van der Waals surface area contributed by atoms with Crippen LogP contribution in [0.1, 0.15) is 46.7 Å². The number of alkyl halides is 3. The number of anilines is 1. The minimum atomic E-state index is -4.62. The molecule has 1 saturated heterocycles. The molecule has 1 aliphatic carbocycles. The Morgan fingerprint density at radius 2 is 1.71 bits per heavy atom. The number of halogens is 4. The molecule has 2 atom stereocenters. The van der Waals surface area contributed by atoms with Gasteiger partial charge in [-0.15, -0.1) is 0 Å². The van der Waals surface area contributed by atoms with E-state index in [1.165, 1.54) is 19.1 Å².